The lowest BCUT2D eigenvalue weighted by atomic mass is 10.1. The molecule has 1 unspecified atom stereocenters. The van der Waals surface area contributed by atoms with Gasteiger partial charge in [-0.3, -0.25) is 0 Å². The highest BCUT2D eigenvalue weighted by atomic mass is 19.3. The molecule has 1 atom stereocenters. The molecule has 1 saturated heterocycles. The Morgan fingerprint density at radius 1 is 1.28 bits per heavy atom. The van der Waals surface area contributed by atoms with Crippen LogP contribution in [0.5, 0.6) is 5.75 Å². The number of ether oxygens (including phenoxy) is 1. The Morgan fingerprint density at radius 2 is 2.00 bits per heavy atom. The second kappa shape index (κ2) is 6.11. The lowest BCUT2D eigenvalue weighted by Crippen LogP contribution is -2.29. The zero-order valence-electron chi connectivity index (χ0n) is 10.2. The molecule has 100 valence electrons. The summed E-state index contributed by atoms with van der Waals surface area (Å²) < 4.78 is 28.6. The second-order valence-corrected chi connectivity index (χ2v) is 4.57. The maximum absolute atomic E-state index is 12.1. The summed E-state index contributed by atoms with van der Waals surface area (Å²) >= 11 is 0. The molecule has 18 heavy (non-hydrogen) atoms. The molecule has 1 aromatic carbocycles. The summed E-state index contributed by atoms with van der Waals surface area (Å²) in [5, 5.41) is 0. The molecule has 2 rings (SSSR count). The van der Waals surface area contributed by atoms with Crippen LogP contribution in [0.25, 0.3) is 0 Å². The smallest absolute Gasteiger partial charge is 0.387 e. The molecule has 0 spiro atoms. The minimum Gasteiger partial charge on any atom is -0.435 e. The zero-order chi connectivity index (χ0) is 13.0. The number of nitrogens with two attached hydrogens (primary N) is 1. The second-order valence-electron chi connectivity index (χ2n) is 4.57. The fourth-order valence-corrected chi connectivity index (χ4v) is 2.27. The first-order valence-corrected chi connectivity index (χ1v) is 6.18. The largest absolute Gasteiger partial charge is 0.435 e. The summed E-state index contributed by atoms with van der Waals surface area (Å²) in [5.74, 6) is 0.166. The molecule has 0 bridgehead atoms. The molecular weight excluding hydrogens is 238 g/mol. The van der Waals surface area contributed by atoms with Gasteiger partial charge in [0.25, 0.3) is 0 Å². The molecule has 1 aliphatic heterocycles. The number of rotatable bonds is 5. The van der Waals surface area contributed by atoms with Crippen LogP contribution >= 0.6 is 0 Å². The van der Waals surface area contributed by atoms with Crippen molar-refractivity contribution in [3.8, 4) is 5.75 Å². The topological polar surface area (TPSA) is 38.5 Å². The van der Waals surface area contributed by atoms with Crippen molar-refractivity contribution in [2.24, 2.45) is 5.73 Å². The molecule has 0 aliphatic carbocycles. The van der Waals surface area contributed by atoms with Crippen molar-refractivity contribution in [1.82, 2.24) is 4.90 Å². The van der Waals surface area contributed by atoms with Crippen molar-refractivity contribution in [2.75, 3.05) is 19.6 Å². The standard InChI is InChI=1S/C13H18F2N2O/c14-13(15)18-11-5-3-4-10(8-11)12(16)9-17-6-1-2-7-17/h3-5,8,12-13H,1-2,6-7,9,16H2. The summed E-state index contributed by atoms with van der Waals surface area (Å²) in [7, 11) is 0. The molecule has 1 heterocycles. The number of hydrogen-bond donors (Lipinski definition) is 1. The summed E-state index contributed by atoms with van der Waals surface area (Å²) in [4.78, 5) is 2.30. The lowest BCUT2D eigenvalue weighted by molar-refractivity contribution is -0.0499. The third-order valence-corrected chi connectivity index (χ3v) is 3.16. The summed E-state index contributed by atoms with van der Waals surface area (Å²) in [6.07, 6.45) is 2.42. The number of likely N-dealkylation sites (tertiary alicyclic amines) is 1. The van der Waals surface area contributed by atoms with Gasteiger partial charge in [-0.25, -0.2) is 0 Å². The van der Waals surface area contributed by atoms with Gasteiger partial charge in [0, 0.05) is 12.6 Å². The third kappa shape index (κ3) is 3.65. The van der Waals surface area contributed by atoms with Gasteiger partial charge < -0.3 is 15.4 Å². The van der Waals surface area contributed by atoms with E-state index in [-0.39, 0.29) is 11.8 Å². The van der Waals surface area contributed by atoms with Crippen molar-refractivity contribution in [3.63, 3.8) is 0 Å². The van der Waals surface area contributed by atoms with Crippen LogP contribution in [-0.4, -0.2) is 31.1 Å². The van der Waals surface area contributed by atoms with Crippen LogP contribution in [-0.2, 0) is 0 Å². The Labute approximate surface area is 106 Å². The minimum atomic E-state index is -2.80. The highest BCUT2D eigenvalue weighted by Crippen LogP contribution is 2.21. The Kier molecular flexibility index (Phi) is 4.49. The predicted molar refractivity (Wildman–Crippen MR) is 65.7 cm³/mol. The van der Waals surface area contributed by atoms with E-state index in [1.54, 1.807) is 12.1 Å². The Hall–Kier alpha value is -1.20. The highest BCUT2D eigenvalue weighted by Gasteiger charge is 2.16. The molecule has 5 heteroatoms. The van der Waals surface area contributed by atoms with Gasteiger partial charge in [-0.15, -0.1) is 0 Å². The van der Waals surface area contributed by atoms with Crippen LogP contribution in [0.2, 0.25) is 0 Å². The van der Waals surface area contributed by atoms with Crippen LogP contribution in [0.15, 0.2) is 24.3 Å². The van der Waals surface area contributed by atoms with Crippen LogP contribution < -0.4 is 10.5 Å². The van der Waals surface area contributed by atoms with E-state index in [1.807, 2.05) is 6.07 Å². The first kappa shape index (κ1) is 13.2. The van der Waals surface area contributed by atoms with Crippen molar-refractivity contribution >= 4 is 0 Å². The van der Waals surface area contributed by atoms with Gasteiger partial charge in [0.15, 0.2) is 0 Å². The number of alkyl halides is 2. The van der Waals surface area contributed by atoms with Gasteiger partial charge in [-0.05, 0) is 43.6 Å². The van der Waals surface area contributed by atoms with E-state index in [2.05, 4.69) is 9.64 Å². The molecule has 3 nitrogen and oxygen atoms in total. The summed E-state index contributed by atoms with van der Waals surface area (Å²) in [6.45, 7) is 0.107. The van der Waals surface area contributed by atoms with Crippen LogP contribution in [0.3, 0.4) is 0 Å². The first-order valence-electron chi connectivity index (χ1n) is 6.18. The molecule has 0 amide bonds. The average Bonchev–Trinajstić information content (AvgIpc) is 2.81. The number of hydrogen-bond acceptors (Lipinski definition) is 3. The summed E-state index contributed by atoms with van der Waals surface area (Å²) in [6, 6.07) is 6.48. The molecule has 1 aliphatic rings. The Morgan fingerprint density at radius 3 is 2.67 bits per heavy atom. The van der Waals surface area contributed by atoms with Gasteiger partial charge in [-0.2, -0.15) is 8.78 Å². The maximum atomic E-state index is 12.1. The van der Waals surface area contributed by atoms with E-state index in [1.165, 1.54) is 18.9 Å². The molecule has 0 saturated carbocycles. The average molecular weight is 256 g/mol. The zero-order valence-corrected chi connectivity index (χ0v) is 10.2. The number of nitrogens with zero attached hydrogens (tertiary/aromatic N) is 1. The van der Waals surface area contributed by atoms with Crippen molar-refractivity contribution < 1.29 is 13.5 Å². The highest BCUT2D eigenvalue weighted by molar-refractivity contribution is 5.30. The van der Waals surface area contributed by atoms with E-state index in [9.17, 15) is 8.78 Å². The molecule has 2 N–H and O–H groups in total. The van der Waals surface area contributed by atoms with Gasteiger partial charge in [-0.1, -0.05) is 12.1 Å². The fraction of sp³-hybridized carbons (Fsp3) is 0.538. The van der Waals surface area contributed by atoms with E-state index in [0.29, 0.717) is 0 Å². The van der Waals surface area contributed by atoms with Gasteiger partial charge in [0.05, 0.1) is 0 Å². The van der Waals surface area contributed by atoms with Crippen LogP contribution in [0.1, 0.15) is 24.4 Å². The normalized spacial score (nSPS) is 18.2. The van der Waals surface area contributed by atoms with Crippen molar-refractivity contribution in [2.45, 2.75) is 25.5 Å². The van der Waals surface area contributed by atoms with E-state index < -0.39 is 6.61 Å². The molecular formula is C13H18F2N2O. The Bertz CT molecular complexity index is 381. The summed E-state index contributed by atoms with van der Waals surface area (Å²) in [5.41, 5.74) is 6.92. The van der Waals surface area contributed by atoms with Gasteiger partial charge in [0.2, 0.25) is 0 Å². The Balaban J connectivity index is 1.98. The minimum absolute atomic E-state index is 0.163. The predicted octanol–water partition coefficient (Wildman–Crippen LogP) is 2.38. The monoisotopic (exact) mass is 256 g/mol. The van der Waals surface area contributed by atoms with Gasteiger partial charge >= 0.3 is 6.61 Å². The first-order chi connectivity index (χ1) is 8.65. The number of halogens is 2. The van der Waals surface area contributed by atoms with Crippen LogP contribution in [0, 0.1) is 0 Å². The van der Waals surface area contributed by atoms with Crippen LogP contribution in [0.4, 0.5) is 8.78 Å². The molecule has 0 radical (unpaired) electrons. The maximum Gasteiger partial charge on any atom is 0.387 e. The molecule has 1 aromatic rings. The van der Waals surface area contributed by atoms with E-state index in [4.69, 9.17) is 5.73 Å². The van der Waals surface area contributed by atoms with E-state index in [0.717, 1.165) is 25.2 Å². The lowest BCUT2D eigenvalue weighted by Gasteiger charge is -2.20. The van der Waals surface area contributed by atoms with Crippen molar-refractivity contribution in [3.05, 3.63) is 29.8 Å². The molecule has 0 aromatic heterocycles. The SMILES string of the molecule is NC(CN1CCCC1)c1cccc(OC(F)F)c1. The van der Waals surface area contributed by atoms with Crippen molar-refractivity contribution in [1.29, 1.82) is 0 Å². The third-order valence-electron chi connectivity index (χ3n) is 3.16. The quantitative estimate of drug-likeness (QED) is 0.879. The van der Waals surface area contributed by atoms with Gasteiger partial charge in [0.1, 0.15) is 5.75 Å². The number of benzene rings is 1. The van der Waals surface area contributed by atoms with E-state index >= 15 is 0 Å². The fourth-order valence-electron chi connectivity index (χ4n) is 2.27. The molecule has 1 fully saturated rings.